The van der Waals surface area contributed by atoms with Crippen LogP contribution in [0.5, 0.6) is 0 Å². The molecule has 5 heteroatoms. The summed E-state index contributed by atoms with van der Waals surface area (Å²) in [5, 5.41) is 7.70. The summed E-state index contributed by atoms with van der Waals surface area (Å²) < 4.78 is 1.76. The molecule has 96 valence electrons. The molecular formula is C13H19N5. The van der Waals surface area contributed by atoms with Gasteiger partial charge in [0.05, 0.1) is 12.4 Å². The van der Waals surface area contributed by atoms with Gasteiger partial charge in [0.15, 0.2) is 5.82 Å². The number of aromatic nitrogens is 4. The van der Waals surface area contributed by atoms with Crippen molar-refractivity contribution in [3.63, 3.8) is 0 Å². The summed E-state index contributed by atoms with van der Waals surface area (Å²) in [5.74, 6) is 0.754. The molecule has 2 heterocycles. The monoisotopic (exact) mass is 245 g/mol. The van der Waals surface area contributed by atoms with Gasteiger partial charge >= 0.3 is 0 Å². The highest BCUT2D eigenvalue weighted by Gasteiger charge is 2.02. The van der Waals surface area contributed by atoms with E-state index in [2.05, 4.69) is 34.2 Å². The van der Waals surface area contributed by atoms with Crippen LogP contribution in [0.15, 0.2) is 31.0 Å². The molecule has 0 bridgehead atoms. The van der Waals surface area contributed by atoms with E-state index in [4.69, 9.17) is 0 Å². The van der Waals surface area contributed by atoms with Crippen molar-refractivity contribution in [1.29, 1.82) is 0 Å². The lowest BCUT2D eigenvalue weighted by molar-refractivity contribution is 0.570. The van der Waals surface area contributed by atoms with Crippen molar-refractivity contribution in [3.8, 4) is 5.82 Å². The zero-order chi connectivity index (χ0) is 12.8. The Bertz CT molecular complexity index is 463. The molecule has 0 aliphatic rings. The topological polar surface area (TPSA) is 55.6 Å². The lowest BCUT2D eigenvalue weighted by atomic mass is 10.2. The van der Waals surface area contributed by atoms with E-state index in [1.807, 2.05) is 12.4 Å². The van der Waals surface area contributed by atoms with E-state index in [9.17, 15) is 0 Å². The SMILES string of the molecule is CC(C)NCCCc1cnn(-c2cnccn2)c1. The molecule has 0 atom stereocenters. The van der Waals surface area contributed by atoms with Crippen molar-refractivity contribution >= 4 is 0 Å². The van der Waals surface area contributed by atoms with Crippen molar-refractivity contribution < 1.29 is 0 Å². The van der Waals surface area contributed by atoms with Gasteiger partial charge in [-0.2, -0.15) is 5.10 Å². The van der Waals surface area contributed by atoms with Crippen molar-refractivity contribution in [2.45, 2.75) is 32.7 Å². The van der Waals surface area contributed by atoms with Crippen LogP contribution in [0.25, 0.3) is 5.82 Å². The van der Waals surface area contributed by atoms with Crippen LogP contribution in [0.3, 0.4) is 0 Å². The predicted octanol–water partition coefficient (Wildman–Crippen LogP) is 1.59. The third-order valence-corrected chi connectivity index (χ3v) is 2.62. The fraction of sp³-hybridized carbons (Fsp3) is 0.462. The molecule has 0 amide bonds. The minimum absolute atomic E-state index is 0.548. The Morgan fingerprint density at radius 1 is 1.28 bits per heavy atom. The zero-order valence-corrected chi connectivity index (χ0v) is 10.9. The van der Waals surface area contributed by atoms with Gasteiger partial charge in [0.1, 0.15) is 0 Å². The Kier molecular flexibility index (Phi) is 4.41. The summed E-state index contributed by atoms with van der Waals surface area (Å²) in [6.07, 6.45) is 11.1. The van der Waals surface area contributed by atoms with Crippen molar-refractivity contribution in [2.75, 3.05) is 6.54 Å². The van der Waals surface area contributed by atoms with Gasteiger partial charge in [0.25, 0.3) is 0 Å². The minimum atomic E-state index is 0.548. The van der Waals surface area contributed by atoms with Gasteiger partial charge in [-0.15, -0.1) is 0 Å². The van der Waals surface area contributed by atoms with E-state index in [1.54, 1.807) is 23.3 Å². The zero-order valence-electron chi connectivity index (χ0n) is 10.9. The van der Waals surface area contributed by atoms with Gasteiger partial charge in [-0.05, 0) is 24.9 Å². The highest BCUT2D eigenvalue weighted by molar-refractivity contribution is 5.18. The molecule has 18 heavy (non-hydrogen) atoms. The lowest BCUT2D eigenvalue weighted by Gasteiger charge is -2.06. The number of hydrogen-bond donors (Lipinski definition) is 1. The van der Waals surface area contributed by atoms with Crippen LogP contribution in [0, 0.1) is 0 Å². The van der Waals surface area contributed by atoms with Gasteiger partial charge in [0.2, 0.25) is 0 Å². The van der Waals surface area contributed by atoms with E-state index in [0.29, 0.717) is 6.04 Å². The highest BCUT2D eigenvalue weighted by Crippen LogP contribution is 2.05. The minimum Gasteiger partial charge on any atom is -0.315 e. The molecule has 0 aromatic carbocycles. The standard InChI is InChI=1S/C13H19N5/c1-11(2)15-5-3-4-12-8-17-18(10-12)13-9-14-6-7-16-13/h6-11,15H,3-5H2,1-2H3. The largest absolute Gasteiger partial charge is 0.315 e. The van der Waals surface area contributed by atoms with Gasteiger partial charge in [0, 0.05) is 24.6 Å². The molecule has 0 aliphatic carbocycles. The molecule has 0 unspecified atom stereocenters. The van der Waals surface area contributed by atoms with Gasteiger partial charge in [-0.3, -0.25) is 4.98 Å². The first-order chi connectivity index (χ1) is 8.75. The Hall–Kier alpha value is -1.75. The molecule has 2 aromatic heterocycles. The molecular weight excluding hydrogens is 226 g/mol. The van der Waals surface area contributed by atoms with E-state index >= 15 is 0 Å². The number of nitrogens with zero attached hydrogens (tertiary/aromatic N) is 4. The Balaban J connectivity index is 1.87. The average molecular weight is 245 g/mol. The number of rotatable bonds is 6. The lowest BCUT2D eigenvalue weighted by Crippen LogP contribution is -2.23. The molecule has 0 spiro atoms. The summed E-state index contributed by atoms with van der Waals surface area (Å²) in [6.45, 7) is 5.35. The summed E-state index contributed by atoms with van der Waals surface area (Å²) in [5.41, 5.74) is 1.23. The molecule has 0 aliphatic heterocycles. The van der Waals surface area contributed by atoms with Crippen LogP contribution in [-0.4, -0.2) is 32.3 Å². The van der Waals surface area contributed by atoms with E-state index in [0.717, 1.165) is 25.2 Å². The average Bonchev–Trinajstić information content (AvgIpc) is 2.84. The Morgan fingerprint density at radius 2 is 2.17 bits per heavy atom. The number of hydrogen-bond acceptors (Lipinski definition) is 4. The number of aryl methyl sites for hydroxylation is 1. The van der Waals surface area contributed by atoms with Crippen molar-refractivity contribution in [3.05, 3.63) is 36.5 Å². The maximum absolute atomic E-state index is 4.29. The van der Waals surface area contributed by atoms with Crippen LogP contribution in [0.4, 0.5) is 0 Å². The molecule has 5 nitrogen and oxygen atoms in total. The van der Waals surface area contributed by atoms with Crippen molar-refractivity contribution in [2.24, 2.45) is 0 Å². The fourth-order valence-corrected chi connectivity index (χ4v) is 1.71. The molecule has 0 fully saturated rings. The van der Waals surface area contributed by atoms with Gasteiger partial charge in [-0.1, -0.05) is 13.8 Å². The van der Waals surface area contributed by atoms with Crippen LogP contribution < -0.4 is 5.32 Å². The second kappa shape index (κ2) is 6.26. The highest BCUT2D eigenvalue weighted by atomic mass is 15.3. The van der Waals surface area contributed by atoms with Crippen LogP contribution in [0.2, 0.25) is 0 Å². The second-order valence-electron chi connectivity index (χ2n) is 4.57. The molecule has 2 aromatic rings. The summed E-state index contributed by atoms with van der Waals surface area (Å²) in [4.78, 5) is 8.24. The summed E-state index contributed by atoms with van der Waals surface area (Å²) in [6, 6.07) is 0.548. The molecule has 0 radical (unpaired) electrons. The molecule has 1 N–H and O–H groups in total. The van der Waals surface area contributed by atoms with Crippen LogP contribution in [-0.2, 0) is 6.42 Å². The third kappa shape index (κ3) is 3.63. The van der Waals surface area contributed by atoms with Crippen LogP contribution in [0.1, 0.15) is 25.8 Å². The summed E-state index contributed by atoms with van der Waals surface area (Å²) in [7, 11) is 0. The van der Waals surface area contributed by atoms with Crippen LogP contribution >= 0.6 is 0 Å². The van der Waals surface area contributed by atoms with E-state index in [-0.39, 0.29) is 0 Å². The Labute approximate surface area is 107 Å². The predicted molar refractivity (Wildman–Crippen MR) is 70.6 cm³/mol. The summed E-state index contributed by atoms with van der Waals surface area (Å²) >= 11 is 0. The Morgan fingerprint density at radius 3 is 2.89 bits per heavy atom. The molecule has 0 saturated carbocycles. The van der Waals surface area contributed by atoms with Crippen molar-refractivity contribution in [1.82, 2.24) is 25.1 Å². The van der Waals surface area contributed by atoms with Gasteiger partial charge in [-0.25, -0.2) is 9.67 Å². The first kappa shape index (κ1) is 12.7. The maximum Gasteiger partial charge on any atom is 0.171 e. The first-order valence-corrected chi connectivity index (χ1v) is 6.29. The fourth-order valence-electron chi connectivity index (χ4n) is 1.71. The number of nitrogens with one attached hydrogen (secondary N) is 1. The normalized spacial score (nSPS) is 11.1. The smallest absolute Gasteiger partial charge is 0.171 e. The maximum atomic E-state index is 4.29. The molecule has 2 rings (SSSR count). The van der Waals surface area contributed by atoms with E-state index < -0.39 is 0 Å². The molecule has 0 saturated heterocycles. The van der Waals surface area contributed by atoms with Gasteiger partial charge < -0.3 is 5.32 Å². The van der Waals surface area contributed by atoms with E-state index in [1.165, 1.54) is 5.56 Å². The first-order valence-electron chi connectivity index (χ1n) is 6.29. The quantitative estimate of drug-likeness (QED) is 0.785. The third-order valence-electron chi connectivity index (χ3n) is 2.62. The second-order valence-corrected chi connectivity index (χ2v) is 4.57.